The van der Waals surface area contributed by atoms with Crippen molar-refractivity contribution >= 4 is 32.5 Å². The predicted octanol–water partition coefficient (Wildman–Crippen LogP) is 3.81. The fraction of sp³-hybridized carbons (Fsp3) is 0. The second-order valence-corrected chi connectivity index (χ2v) is 4.75. The topological polar surface area (TPSA) is 50.4 Å². The van der Waals surface area contributed by atoms with Gasteiger partial charge in [-0.3, -0.25) is 0 Å². The number of fused-ring (bicyclic) bond motifs is 4. The zero-order valence-corrected chi connectivity index (χ0v) is 10.5. The first-order valence-corrected chi connectivity index (χ1v) is 6.32. The van der Waals surface area contributed by atoms with Crippen LogP contribution in [0.15, 0.2) is 63.8 Å². The van der Waals surface area contributed by atoms with Gasteiger partial charge in [0.25, 0.3) is 0 Å². The van der Waals surface area contributed by atoms with Crippen LogP contribution in [0.3, 0.4) is 0 Å². The molecular weight excluding hydrogens is 252 g/mol. The van der Waals surface area contributed by atoms with Gasteiger partial charge in [0, 0.05) is 16.2 Å². The summed E-state index contributed by atoms with van der Waals surface area (Å²) >= 11 is 0. The zero-order valence-electron chi connectivity index (χ0n) is 10.5. The molecule has 1 aromatic heterocycles. The number of aromatic hydroxyl groups is 1. The van der Waals surface area contributed by atoms with Crippen molar-refractivity contribution in [2.45, 2.75) is 0 Å². The summed E-state index contributed by atoms with van der Waals surface area (Å²) in [6, 6.07) is 16.4. The third-order valence-electron chi connectivity index (χ3n) is 3.60. The summed E-state index contributed by atoms with van der Waals surface area (Å²) in [5.41, 5.74) is 0.0512. The molecule has 3 heteroatoms. The molecule has 0 aliphatic rings. The third-order valence-corrected chi connectivity index (χ3v) is 3.60. The zero-order chi connectivity index (χ0) is 13.7. The maximum atomic E-state index is 12.1. The minimum atomic E-state index is -0.431. The van der Waals surface area contributed by atoms with Crippen molar-refractivity contribution < 1.29 is 9.52 Å². The SMILES string of the molecule is O=c1oc2ccccc2c2c(O)c3ccccc3cc12. The molecule has 1 N–H and O–H groups in total. The normalized spacial score (nSPS) is 11.4. The smallest absolute Gasteiger partial charge is 0.344 e. The lowest BCUT2D eigenvalue weighted by atomic mass is 10.0. The van der Waals surface area contributed by atoms with Crippen LogP contribution in [0.25, 0.3) is 32.5 Å². The molecule has 0 atom stereocenters. The van der Waals surface area contributed by atoms with Gasteiger partial charge >= 0.3 is 5.63 Å². The maximum Gasteiger partial charge on any atom is 0.344 e. The van der Waals surface area contributed by atoms with E-state index in [1.54, 1.807) is 18.2 Å². The van der Waals surface area contributed by atoms with Crippen molar-refractivity contribution in [3.63, 3.8) is 0 Å². The molecule has 4 aromatic rings. The fourth-order valence-electron chi connectivity index (χ4n) is 2.68. The van der Waals surface area contributed by atoms with Gasteiger partial charge in [-0.25, -0.2) is 4.79 Å². The van der Waals surface area contributed by atoms with Gasteiger partial charge in [-0.05, 0) is 17.5 Å². The Kier molecular flexibility index (Phi) is 2.12. The minimum absolute atomic E-state index is 0.127. The molecule has 0 radical (unpaired) electrons. The van der Waals surface area contributed by atoms with Crippen LogP contribution in [0.4, 0.5) is 0 Å². The highest BCUT2D eigenvalue weighted by atomic mass is 16.4. The Bertz CT molecular complexity index is 1030. The number of hydrogen-bond acceptors (Lipinski definition) is 3. The number of benzene rings is 3. The molecule has 96 valence electrons. The van der Waals surface area contributed by atoms with E-state index in [9.17, 15) is 9.90 Å². The molecule has 0 saturated carbocycles. The molecule has 0 unspecified atom stereocenters. The van der Waals surface area contributed by atoms with Crippen LogP contribution >= 0.6 is 0 Å². The average molecular weight is 262 g/mol. The summed E-state index contributed by atoms with van der Waals surface area (Å²) in [5.74, 6) is 0.127. The number of para-hydroxylation sites is 1. The number of hydrogen-bond donors (Lipinski definition) is 1. The van der Waals surface area contributed by atoms with Gasteiger partial charge < -0.3 is 9.52 Å². The average Bonchev–Trinajstić information content (AvgIpc) is 2.48. The Labute approximate surface area is 113 Å². The highest BCUT2D eigenvalue weighted by molar-refractivity contribution is 6.14. The van der Waals surface area contributed by atoms with E-state index in [1.807, 2.05) is 36.4 Å². The van der Waals surface area contributed by atoms with E-state index in [0.717, 1.165) is 16.2 Å². The summed E-state index contributed by atoms with van der Waals surface area (Å²) in [5, 5.41) is 13.8. The Morgan fingerprint density at radius 3 is 2.40 bits per heavy atom. The van der Waals surface area contributed by atoms with Gasteiger partial charge in [0.1, 0.15) is 11.3 Å². The molecule has 3 aromatic carbocycles. The second kappa shape index (κ2) is 3.84. The quantitative estimate of drug-likeness (QED) is 0.298. The second-order valence-electron chi connectivity index (χ2n) is 4.75. The lowest BCUT2D eigenvalue weighted by Gasteiger charge is -2.07. The van der Waals surface area contributed by atoms with Crippen molar-refractivity contribution in [1.82, 2.24) is 0 Å². The van der Waals surface area contributed by atoms with E-state index in [4.69, 9.17) is 4.42 Å². The lowest BCUT2D eigenvalue weighted by Crippen LogP contribution is -2.00. The van der Waals surface area contributed by atoms with Gasteiger partial charge in [0.05, 0.1) is 5.39 Å². The van der Waals surface area contributed by atoms with E-state index < -0.39 is 5.63 Å². The monoisotopic (exact) mass is 262 g/mol. The molecular formula is C17H10O3. The van der Waals surface area contributed by atoms with Gasteiger partial charge in [-0.2, -0.15) is 0 Å². The summed E-state index contributed by atoms with van der Waals surface area (Å²) in [6.45, 7) is 0. The molecule has 0 aliphatic carbocycles. The van der Waals surface area contributed by atoms with Crippen molar-refractivity contribution in [2.24, 2.45) is 0 Å². The Morgan fingerprint density at radius 2 is 1.55 bits per heavy atom. The van der Waals surface area contributed by atoms with Crippen molar-refractivity contribution in [3.8, 4) is 5.75 Å². The molecule has 1 heterocycles. The van der Waals surface area contributed by atoms with Gasteiger partial charge in [-0.1, -0.05) is 42.5 Å². The first-order valence-electron chi connectivity index (χ1n) is 6.32. The van der Waals surface area contributed by atoms with E-state index >= 15 is 0 Å². The predicted molar refractivity (Wildman–Crippen MR) is 79.2 cm³/mol. The van der Waals surface area contributed by atoms with Crippen LogP contribution in [-0.2, 0) is 0 Å². The highest BCUT2D eigenvalue weighted by Crippen LogP contribution is 2.36. The number of phenolic OH excluding ortho intramolecular Hbond substituents is 1. The van der Waals surface area contributed by atoms with Crippen LogP contribution in [-0.4, -0.2) is 5.11 Å². The maximum absolute atomic E-state index is 12.1. The lowest BCUT2D eigenvalue weighted by molar-refractivity contribution is 0.487. The molecule has 0 saturated heterocycles. The Morgan fingerprint density at radius 1 is 0.850 bits per heavy atom. The summed E-state index contributed by atoms with van der Waals surface area (Å²) < 4.78 is 5.31. The molecule has 20 heavy (non-hydrogen) atoms. The Hall–Kier alpha value is -2.81. The van der Waals surface area contributed by atoms with Crippen LogP contribution in [0.2, 0.25) is 0 Å². The van der Waals surface area contributed by atoms with Gasteiger partial charge in [0.2, 0.25) is 0 Å². The molecule has 0 amide bonds. The number of phenols is 1. The molecule has 3 nitrogen and oxygen atoms in total. The largest absolute Gasteiger partial charge is 0.507 e. The molecule has 0 spiro atoms. The van der Waals surface area contributed by atoms with E-state index in [2.05, 4.69) is 0 Å². The summed E-state index contributed by atoms with van der Waals surface area (Å²) in [7, 11) is 0. The Balaban J connectivity index is 2.40. The third kappa shape index (κ3) is 1.37. The first-order chi connectivity index (χ1) is 9.75. The van der Waals surface area contributed by atoms with Crippen LogP contribution < -0.4 is 5.63 Å². The van der Waals surface area contributed by atoms with Gasteiger partial charge in [-0.15, -0.1) is 0 Å². The molecule has 4 rings (SSSR count). The van der Waals surface area contributed by atoms with E-state index in [-0.39, 0.29) is 5.75 Å². The number of rotatable bonds is 0. The summed E-state index contributed by atoms with van der Waals surface area (Å²) in [6.07, 6.45) is 0. The van der Waals surface area contributed by atoms with Crippen LogP contribution in [0, 0.1) is 0 Å². The molecule has 0 aliphatic heterocycles. The first kappa shape index (κ1) is 11.1. The highest BCUT2D eigenvalue weighted by Gasteiger charge is 2.13. The van der Waals surface area contributed by atoms with E-state index in [1.165, 1.54) is 0 Å². The fourth-order valence-corrected chi connectivity index (χ4v) is 2.68. The van der Waals surface area contributed by atoms with Crippen molar-refractivity contribution in [3.05, 3.63) is 65.0 Å². The molecule has 0 bridgehead atoms. The molecule has 0 fully saturated rings. The van der Waals surface area contributed by atoms with Crippen LogP contribution in [0.5, 0.6) is 5.75 Å². The van der Waals surface area contributed by atoms with Crippen molar-refractivity contribution in [1.29, 1.82) is 0 Å². The van der Waals surface area contributed by atoms with Crippen molar-refractivity contribution in [2.75, 3.05) is 0 Å². The standard InChI is InChI=1S/C17H10O3/c18-16-11-6-2-1-5-10(11)9-13-15(16)12-7-3-4-8-14(12)20-17(13)19/h1-9,18H. The van der Waals surface area contributed by atoms with Crippen LogP contribution in [0.1, 0.15) is 0 Å². The van der Waals surface area contributed by atoms with E-state index in [0.29, 0.717) is 16.4 Å². The minimum Gasteiger partial charge on any atom is -0.507 e. The summed E-state index contributed by atoms with van der Waals surface area (Å²) in [4.78, 5) is 12.1. The van der Waals surface area contributed by atoms with Gasteiger partial charge in [0.15, 0.2) is 0 Å².